The molecule has 8 heteroatoms. The summed E-state index contributed by atoms with van der Waals surface area (Å²) in [5.74, 6) is -3.06. The van der Waals surface area contributed by atoms with Gasteiger partial charge in [0.1, 0.15) is 17.2 Å². The molecule has 3 nitrogen and oxygen atoms in total. The van der Waals surface area contributed by atoms with Gasteiger partial charge in [0.25, 0.3) is 0 Å². The smallest absolute Gasteiger partial charge is 0.401 e. The van der Waals surface area contributed by atoms with Gasteiger partial charge in [-0.2, -0.15) is 13.2 Å². The third kappa shape index (κ3) is 3.66. The first-order valence-electron chi connectivity index (χ1n) is 5.46. The third-order valence-electron chi connectivity index (χ3n) is 2.70. The summed E-state index contributed by atoms with van der Waals surface area (Å²) >= 11 is 0. The number of carbonyl (C=O) groups excluding carboxylic acids is 1. The van der Waals surface area contributed by atoms with Crippen LogP contribution in [0.1, 0.15) is 12.5 Å². The van der Waals surface area contributed by atoms with E-state index in [0.29, 0.717) is 6.07 Å². The lowest BCUT2D eigenvalue weighted by atomic mass is 9.91. The minimum atomic E-state index is -4.63. The molecule has 0 fully saturated rings. The van der Waals surface area contributed by atoms with Crippen molar-refractivity contribution in [1.82, 2.24) is 5.32 Å². The largest absolute Gasteiger partial charge is 0.467 e. The van der Waals surface area contributed by atoms with E-state index in [1.165, 1.54) is 0 Å². The van der Waals surface area contributed by atoms with E-state index in [1.807, 2.05) is 5.32 Å². The number of carbonyl (C=O) groups is 1. The summed E-state index contributed by atoms with van der Waals surface area (Å²) in [5.41, 5.74) is -2.72. The molecule has 20 heavy (non-hydrogen) atoms. The van der Waals surface area contributed by atoms with Crippen molar-refractivity contribution in [2.75, 3.05) is 13.7 Å². The summed E-state index contributed by atoms with van der Waals surface area (Å²) in [4.78, 5) is 11.7. The molecule has 112 valence electrons. The Balaban J connectivity index is 3.23. The summed E-state index contributed by atoms with van der Waals surface area (Å²) in [6.07, 6.45) is -4.63. The van der Waals surface area contributed by atoms with Crippen molar-refractivity contribution in [3.8, 4) is 0 Å². The molecule has 1 atom stereocenters. The molecule has 0 radical (unpaired) electrons. The predicted molar refractivity (Wildman–Crippen MR) is 59.8 cm³/mol. The van der Waals surface area contributed by atoms with E-state index in [-0.39, 0.29) is 0 Å². The van der Waals surface area contributed by atoms with Crippen molar-refractivity contribution in [3.63, 3.8) is 0 Å². The van der Waals surface area contributed by atoms with Crippen molar-refractivity contribution in [2.45, 2.75) is 18.6 Å². The van der Waals surface area contributed by atoms with E-state index in [0.717, 1.165) is 26.2 Å². The zero-order valence-corrected chi connectivity index (χ0v) is 10.6. The molecule has 0 aliphatic heterocycles. The Morgan fingerprint density at radius 2 is 1.90 bits per heavy atom. The zero-order chi connectivity index (χ0) is 15.6. The SMILES string of the molecule is COC(=O)C(C)(NCC(F)(F)F)c1cc(F)ccc1F. The van der Waals surface area contributed by atoms with E-state index < -0.39 is 41.4 Å². The zero-order valence-electron chi connectivity index (χ0n) is 10.6. The highest BCUT2D eigenvalue weighted by Crippen LogP contribution is 2.27. The average molecular weight is 297 g/mol. The number of alkyl halides is 3. The molecule has 1 aromatic rings. The molecule has 0 saturated carbocycles. The van der Waals surface area contributed by atoms with Crippen LogP contribution in [0.2, 0.25) is 0 Å². The quantitative estimate of drug-likeness (QED) is 0.685. The molecule has 0 spiro atoms. The normalized spacial score (nSPS) is 14.8. The summed E-state index contributed by atoms with van der Waals surface area (Å²) in [5, 5.41) is 1.86. The second kappa shape index (κ2) is 5.74. The lowest BCUT2D eigenvalue weighted by molar-refractivity contribution is -0.153. The molecule has 0 bridgehead atoms. The number of methoxy groups -OCH3 is 1. The summed E-state index contributed by atoms with van der Waals surface area (Å²) in [6, 6.07) is 2.16. The average Bonchev–Trinajstić information content (AvgIpc) is 2.37. The van der Waals surface area contributed by atoms with Crippen LogP contribution in [0.4, 0.5) is 22.0 Å². The fourth-order valence-corrected chi connectivity index (χ4v) is 1.64. The Hall–Kier alpha value is -1.70. The molecule has 0 saturated heterocycles. The molecule has 1 N–H and O–H groups in total. The second-order valence-corrected chi connectivity index (χ2v) is 4.21. The maximum atomic E-state index is 13.7. The Labute approximate surface area is 111 Å². The fraction of sp³-hybridized carbons (Fsp3) is 0.417. The Bertz CT molecular complexity index is 503. The van der Waals surface area contributed by atoms with Crippen LogP contribution in [0.15, 0.2) is 18.2 Å². The van der Waals surface area contributed by atoms with Crippen LogP contribution in [0.3, 0.4) is 0 Å². The van der Waals surface area contributed by atoms with Gasteiger partial charge in [0, 0.05) is 5.56 Å². The van der Waals surface area contributed by atoms with Crippen molar-refractivity contribution >= 4 is 5.97 Å². The number of benzene rings is 1. The minimum Gasteiger partial charge on any atom is -0.467 e. The first-order valence-corrected chi connectivity index (χ1v) is 5.46. The highest BCUT2D eigenvalue weighted by molar-refractivity contribution is 5.82. The number of nitrogens with one attached hydrogen (secondary N) is 1. The lowest BCUT2D eigenvalue weighted by Crippen LogP contribution is -2.51. The fourth-order valence-electron chi connectivity index (χ4n) is 1.64. The molecular weight excluding hydrogens is 285 g/mol. The molecule has 0 heterocycles. The number of hydrogen-bond acceptors (Lipinski definition) is 3. The Kier molecular flexibility index (Phi) is 4.69. The molecule has 1 rings (SSSR count). The number of ether oxygens (including phenoxy) is 1. The van der Waals surface area contributed by atoms with E-state index in [2.05, 4.69) is 4.74 Å². The summed E-state index contributed by atoms with van der Waals surface area (Å²) in [7, 11) is 0.938. The van der Waals surface area contributed by atoms with Gasteiger partial charge in [-0.1, -0.05) is 0 Å². The minimum absolute atomic E-state index is 0.561. The highest BCUT2D eigenvalue weighted by Gasteiger charge is 2.42. The second-order valence-electron chi connectivity index (χ2n) is 4.21. The molecule has 0 aliphatic rings. The molecule has 0 aromatic heterocycles. The monoisotopic (exact) mass is 297 g/mol. The van der Waals surface area contributed by atoms with Crippen LogP contribution >= 0.6 is 0 Å². The van der Waals surface area contributed by atoms with E-state index in [9.17, 15) is 26.7 Å². The van der Waals surface area contributed by atoms with Gasteiger partial charge in [0.15, 0.2) is 0 Å². The van der Waals surface area contributed by atoms with Gasteiger partial charge in [-0.15, -0.1) is 0 Å². The van der Waals surface area contributed by atoms with Crippen molar-refractivity contribution in [3.05, 3.63) is 35.4 Å². The van der Waals surface area contributed by atoms with E-state index in [1.54, 1.807) is 0 Å². The van der Waals surface area contributed by atoms with Gasteiger partial charge in [0.2, 0.25) is 0 Å². The van der Waals surface area contributed by atoms with Crippen molar-refractivity contribution < 1.29 is 31.5 Å². The number of hydrogen-bond donors (Lipinski definition) is 1. The van der Waals surface area contributed by atoms with Gasteiger partial charge in [-0.3, -0.25) is 5.32 Å². The maximum absolute atomic E-state index is 13.7. The van der Waals surface area contributed by atoms with Crippen LogP contribution in [0.5, 0.6) is 0 Å². The van der Waals surface area contributed by atoms with Crippen LogP contribution in [-0.4, -0.2) is 25.8 Å². The molecule has 1 unspecified atom stereocenters. The predicted octanol–water partition coefficient (Wildman–Crippen LogP) is 2.50. The van der Waals surface area contributed by atoms with Crippen molar-refractivity contribution in [1.29, 1.82) is 0 Å². The van der Waals surface area contributed by atoms with Gasteiger partial charge in [-0.25, -0.2) is 13.6 Å². The first-order chi connectivity index (χ1) is 9.10. The molecule has 0 aliphatic carbocycles. The Morgan fingerprint density at radius 3 is 2.40 bits per heavy atom. The van der Waals surface area contributed by atoms with Crippen LogP contribution in [-0.2, 0) is 15.1 Å². The van der Waals surface area contributed by atoms with E-state index in [4.69, 9.17) is 0 Å². The molecular formula is C12H12F5NO2. The summed E-state index contributed by atoms with van der Waals surface area (Å²) in [6.45, 7) is -0.572. The number of esters is 1. The highest BCUT2D eigenvalue weighted by atomic mass is 19.4. The van der Waals surface area contributed by atoms with Crippen LogP contribution in [0.25, 0.3) is 0 Å². The van der Waals surface area contributed by atoms with Gasteiger partial charge in [-0.05, 0) is 25.1 Å². The van der Waals surface area contributed by atoms with E-state index >= 15 is 0 Å². The Morgan fingerprint density at radius 1 is 1.30 bits per heavy atom. The number of halogens is 5. The first kappa shape index (κ1) is 16.4. The molecule has 0 amide bonds. The van der Waals surface area contributed by atoms with Crippen molar-refractivity contribution in [2.24, 2.45) is 0 Å². The van der Waals surface area contributed by atoms with Gasteiger partial charge >= 0.3 is 12.1 Å². The van der Waals surface area contributed by atoms with Gasteiger partial charge in [0.05, 0.1) is 13.7 Å². The van der Waals surface area contributed by atoms with Gasteiger partial charge < -0.3 is 4.74 Å². The van der Waals surface area contributed by atoms with Crippen LogP contribution < -0.4 is 5.32 Å². The third-order valence-corrected chi connectivity index (χ3v) is 2.70. The topological polar surface area (TPSA) is 38.3 Å². The number of rotatable bonds is 4. The lowest BCUT2D eigenvalue weighted by Gasteiger charge is -2.29. The van der Waals surface area contributed by atoms with Crippen LogP contribution in [0, 0.1) is 11.6 Å². The molecule has 1 aromatic carbocycles. The summed E-state index contributed by atoms with van der Waals surface area (Å²) < 4.78 is 68.0. The standard InChI is InChI=1S/C12H12F5NO2/c1-11(10(19)20-2,18-6-12(15,16)17)8-5-7(13)3-4-9(8)14/h3-5,18H,6H2,1-2H3. The maximum Gasteiger partial charge on any atom is 0.401 e.